The van der Waals surface area contributed by atoms with E-state index in [0.717, 1.165) is 29.0 Å². The molecule has 2 N–H and O–H groups in total. The van der Waals surface area contributed by atoms with E-state index in [1.165, 1.54) is 32.1 Å². The Labute approximate surface area is 123 Å². The third-order valence-electron chi connectivity index (χ3n) is 4.45. The number of nitrogens with zero attached hydrogens (tertiary/aromatic N) is 2. The number of fused-ring (bicyclic) bond motifs is 1. The zero-order chi connectivity index (χ0) is 13.8. The van der Waals surface area contributed by atoms with Crippen molar-refractivity contribution in [3.05, 3.63) is 17.8 Å². The van der Waals surface area contributed by atoms with Gasteiger partial charge in [0.2, 0.25) is 0 Å². The van der Waals surface area contributed by atoms with Crippen LogP contribution in [0.15, 0.2) is 17.8 Å². The molecule has 0 aliphatic heterocycles. The predicted molar refractivity (Wildman–Crippen MR) is 83.1 cm³/mol. The van der Waals surface area contributed by atoms with Crippen molar-refractivity contribution in [2.45, 2.75) is 38.5 Å². The molecule has 20 heavy (non-hydrogen) atoms. The van der Waals surface area contributed by atoms with Crippen LogP contribution in [0.4, 0.5) is 5.82 Å². The molecular weight excluding hydrogens is 270 g/mol. The van der Waals surface area contributed by atoms with Gasteiger partial charge in [-0.15, -0.1) is 11.3 Å². The molecule has 1 aliphatic rings. The quantitative estimate of drug-likeness (QED) is 0.886. The molecule has 0 atom stereocenters. The molecule has 0 radical (unpaired) electrons. The number of aliphatic hydroxyl groups is 1. The highest BCUT2D eigenvalue weighted by Crippen LogP contribution is 2.39. The Kier molecular flexibility index (Phi) is 4.17. The maximum absolute atomic E-state index is 9.37. The topological polar surface area (TPSA) is 58.0 Å². The Morgan fingerprint density at radius 3 is 2.90 bits per heavy atom. The van der Waals surface area contributed by atoms with Crippen molar-refractivity contribution in [2.75, 3.05) is 18.5 Å². The minimum atomic E-state index is 0.236. The maximum Gasteiger partial charge on any atom is 0.138 e. The SMILES string of the molecule is OCCC1(CNc2ncnc3sccc23)CCCCC1. The number of thiophene rings is 1. The van der Waals surface area contributed by atoms with Gasteiger partial charge in [-0.05, 0) is 36.1 Å². The van der Waals surface area contributed by atoms with Crippen LogP contribution in [-0.2, 0) is 0 Å². The lowest BCUT2D eigenvalue weighted by molar-refractivity contribution is 0.141. The van der Waals surface area contributed by atoms with Gasteiger partial charge in [0.25, 0.3) is 0 Å². The van der Waals surface area contributed by atoms with Gasteiger partial charge in [-0.25, -0.2) is 9.97 Å². The summed E-state index contributed by atoms with van der Waals surface area (Å²) < 4.78 is 0. The molecule has 2 aromatic rings. The summed E-state index contributed by atoms with van der Waals surface area (Å²) in [6.45, 7) is 1.18. The minimum Gasteiger partial charge on any atom is -0.396 e. The molecule has 1 aliphatic carbocycles. The maximum atomic E-state index is 9.37. The largest absolute Gasteiger partial charge is 0.396 e. The Balaban J connectivity index is 1.75. The third-order valence-corrected chi connectivity index (χ3v) is 5.27. The fraction of sp³-hybridized carbons (Fsp3) is 0.600. The summed E-state index contributed by atoms with van der Waals surface area (Å²) in [4.78, 5) is 9.68. The number of aliphatic hydroxyl groups excluding tert-OH is 1. The van der Waals surface area contributed by atoms with E-state index < -0.39 is 0 Å². The van der Waals surface area contributed by atoms with E-state index in [2.05, 4.69) is 26.7 Å². The molecule has 0 saturated heterocycles. The molecule has 3 rings (SSSR count). The Hall–Kier alpha value is -1.20. The van der Waals surface area contributed by atoms with Crippen LogP contribution < -0.4 is 5.32 Å². The standard InChI is InChI=1S/C15H21N3OS/c19-8-7-15(5-2-1-3-6-15)10-16-13-12-4-9-20-14(12)18-11-17-13/h4,9,11,19H,1-3,5-8,10H2,(H,16,17,18). The molecule has 4 nitrogen and oxygen atoms in total. The van der Waals surface area contributed by atoms with Crippen LogP contribution in [0.3, 0.4) is 0 Å². The number of rotatable bonds is 5. The van der Waals surface area contributed by atoms with Gasteiger partial charge in [0.1, 0.15) is 17.0 Å². The predicted octanol–water partition coefficient (Wildman–Crippen LogP) is 3.44. The molecule has 0 bridgehead atoms. The molecule has 2 heterocycles. The smallest absolute Gasteiger partial charge is 0.138 e. The Morgan fingerprint density at radius 2 is 2.10 bits per heavy atom. The zero-order valence-corrected chi connectivity index (χ0v) is 12.5. The molecule has 0 amide bonds. The van der Waals surface area contributed by atoms with Gasteiger partial charge in [0.05, 0.1) is 5.39 Å². The van der Waals surface area contributed by atoms with Crippen LogP contribution in [0.1, 0.15) is 38.5 Å². The lowest BCUT2D eigenvalue weighted by Gasteiger charge is -2.37. The molecule has 0 spiro atoms. The lowest BCUT2D eigenvalue weighted by atomic mass is 9.72. The second-order valence-corrected chi connectivity index (χ2v) is 6.64. The van der Waals surface area contributed by atoms with Gasteiger partial charge < -0.3 is 10.4 Å². The van der Waals surface area contributed by atoms with Crippen molar-refractivity contribution in [3.8, 4) is 0 Å². The molecule has 2 aromatic heterocycles. The van der Waals surface area contributed by atoms with Crippen molar-refractivity contribution >= 4 is 27.4 Å². The third kappa shape index (κ3) is 2.79. The Morgan fingerprint density at radius 1 is 1.25 bits per heavy atom. The van der Waals surface area contributed by atoms with Crippen LogP contribution in [0.5, 0.6) is 0 Å². The highest BCUT2D eigenvalue weighted by Gasteiger charge is 2.31. The second-order valence-electron chi connectivity index (χ2n) is 5.75. The van der Waals surface area contributed by atoms with E-state index in [1.807, 2.05) is 0 Å². The van der Waals surface area contributed by atoms with Crippen molar-refractivity contribution in [1.82, 2.24) is 9.97 Å². The van der Waals surface area contributed by atoms with Gasteiger partial charge >= 0.3 is 0 Å². The minimum absolute atomic E-state index is 0.236. The Bertz CT molecular complexity index is 557. The first-order valence-electron chi connectivity index (χ1n) is 7.36. The van der Waals surface area contributed by atoms with Crippen LogP contribution in [0.2, 0.25) is 0 Å². The summed E-state index contributed by atoms with van der Waals surface area (Å²) in [5.41, 5.74) is 0.236. The zero-order valence-electron chi connectivity index (χ0n) is 11.6. The van der Waals surface area contributed by atoms with Gasteiger partial charge in [0, 0.05) is 13.2 Å². The molecule has 1 saturated carbocycles. The molecule has 108 valence electrons. The first-order chi connectivity index (χ1) is 9.83. The van der Waals surface area contributed by atoms with Crippen molar-refractivity contribution in [2.24, 2.45) is 5.41 Å². The summed E-state index contributed by atoms with van der Waals surface area (Å²) in [5.74, 6) is 0.930. The second kappa shape index (κ2) is 6.06. The monoisotopic (exact) mass is 291 g/mol. The van der Waals surface area contributed by atoms with Crippen molar-refractivity contribution < 1.29 is 5.11 Å². The van der Waals surface area contributed by atoms with Crippen molar-refractivity contribution in [3.63, 3.8) is 0 Å². The number of hydrogen-bond donors (Lipinski definition) is 2. The molecule has 5 heteroatoms. The summed E-state index contributed by atoms with van der Waals surface area (Å²) in [6.07, 6.45) is 8.81. The van der Waals surface area contributed by atoms with E-state index in [9.17, 15) is 5.11 Å². The molecular formula is C15H21N3OS. The average molecular weight is 291 g/mol. The first kappa shape index (κ1) is 13.8. The van der Waals surface area contributed by atoms with Crippen LogP contribution in [0.25, 0.3) is 10.2 Å². The van der Waals surface area contributed by atoms with Gasteiger partial charge in [0.15, 0.2) is 0 Å². The fourth-order valence-corrected chi connectivity index (χ4v) is 3.99. The summed E-state index contributed by atoms with van der Waals surface area (Å²) in [6, 6.07) is 2.07. The summed E-state index contributed by atoms with van der Waals surface area (Å²) >= 11 is 1.64. The molecule has 0 aromatic carbocycles. The highest BCUT2D eigenvalue weighted by atomic mass is 32.1. The lowest BCUT2D eigenvalue weighted by Crippen LogP contribution is -2.33. The molecule has 0 unspecified atom stereocenters. The summed E-state index contributed by atoms with van der Waals surface area (Å²) in [5, 5.41) is 16.0. The van der Waals surface area contributed by atoms with Gasteiger partial charge in [-0.2, -0.15) is 0 Å². The first-order valence-corrected chi connectivity index (χ1v) is 8.24. The number of hydrogen-bond acceptors (Lipinski definition) is 5. The van der Waals surface area contributed by atoms with Gasteiger partial charge in [-0.3, -0.25) is 0 Å². The van der Waals surface area contributed by atoms with E-state index in [1.54, 1.807) is 17.7 Å². The van der Waals surface area contributed by atoms with E-state index in [0.29, 0.717) is 0 Å². The van der Waals surface area contributed by atoms with Gasteiger partial charge in [-0.1, -0.05) is 19.3 Å². The van der Waals surface area contributed by atoms with Crippen LogP contribution in [0, 0.1) is 5.41 Å². The van der Waals surface area contributed by atoms with E-state index in [4.69, 9.17) is 0 Å². The van der Waals surface area contributed by atoms with Crippen LogP contribution >= 0.6 is 11.3 Å². The fourth-order valence-electron chi connectivity index (χ4n) is 3.26. The number of nitrogens with one attached hydrogen (secondary N) is 1. The summed E-state index contributed by atoms with van der Waals surface area (Å²) in [7, 11) is 0. The normalized spacial score (nSPS) is 18.2. The molecule has 1 fully saturated rings. The van der Waals surface area contributed by atoms with E-state index >= 15 is 0 Å². The number of aromatic nitrogens is 2. The van der Waals surface area contributed by atoms with Crippen LogP contribution in [-0.4, -0.2) is 28.2 Å². The number of anilines is 1. The highest BCUT2D eigenvalue weighted by molar-refractivity contribution is 7.16. The van der Waals surface area contributed by atoms with Crippen molar-refractivity contribution in [1.29, 1.82) is 0 Å². The van der Waals surface area contributed by atoms with E-state index in [-0.39, 0.29) is 12.0 Å². The average Bonchev–Trinajstić information content (AvgIpc) is 2.95.